The van der Waals surface area contributed by atoms with Crippen LogP contribution in [0.5, 0.6) is 5.75 Å². The van der Waals surface area contributed by atoms with Crippen LogP contribution in [0.15, 0.2) is 60.7 Å². The maximum Gasteiger partial charge on any atom is 0.260 e. The summed E-state index contributed by atoms with van der Waals surface area (Å²) in [5, 5.41) is 0. The molecule has 2 amide bonds. The number of para-hydroxylation sites is 1. The lowest BCUT2D eigenvalue weighted by Gasteiger charge is -2.37. The van der Waals surface area contributed by atoms with Crippen LogP contribution in [0.25, 0.3) is 0 Å². The normalized spacial score (nSPS) is 20.9. The molecule has 0 aromatic heterocycles. The Morgan fingerprint density at radius 1 is 1.03 bits per heavy atom. The fraction of sp³-hybridized carbons (Fsp3) is 0.417. The second-order valence-corrected chi connectivity index (χ2v) is 8.23. The topological polar surface area (TPSA) is 49.9 Å². The largest absolute Gasteiger partial charge is 0.484 e. The van der Waals surface area contributed by atoms with Gasteiger partial charge in [-0.2, -0.15) is 0 Å². The summed E-state index contributed by atoms with van der Waals surface area (Å²) in [5.74, 6) is 0.931. The Hall–Kier alpha value is -2.82. The number of piperidine rings is 1. The van der Waals surface area contributed by atoms with Crippen molar-refractivity contribution in [3.63, 3.8) is 0 Å². The molecule has 2 heterocycles. The first-order chi connectivity index (χ1) is 14.1. The van der Waals surface area contributed by atoms with E-state index in [-0.39, 0.29) is 29.9 Å². The van der Waals surface area contributed by atoms with Crippen LogP contribution < -0.4 is 4.74 Å². The Balaban J connectivity index is 1.33. The van der Waals surface area contributed by atoms with Crippen LogP contribution in [0.3, 0.4) is 0 Å². The van der Waals surface area contributed by atoms with Crippen molar-refractivity contribution < 1.29 is 14.3 Å². The van der Waals surface area contributed by atoms with E-state index in [1.807, 2.05) is 65.4 Å². The standard InChI is InChI=1S/C24H28N2O3/c1-25-20(16-19-8-4-2-5-9-19)17-24(23(25)28)12-14-26(15-13-24)22(27)18-29-21-10-6-3-7-11-21/h2-11,20H,12-18H2,1H3. The van der Waals surface area contributed by atoms with Crippen LogP contribution in [0.2, 0.25) is 0 Å². The molecule has 5 heteroatoms. The highest BCUT2D eigenvalue weighted by Gasteiger charge is 2.51. The van der Waals surface area contributed by atoms with E-state index >= 15 is 0 Å². The van der Waals surface area contributed by atoms with Gasteiger partial charge in [0, 0.05) is 26.2 Å². The highest BCUT2D eigenvalue weighted by Crippen LogP contribution is 2.44. The number of carbonyl (C=O) groups is 2. The lowest BCUT2D eigenvalue weighted by Crippen LogP contribution is -2.47. The first-order valence-electron chi connectivity index (χ1n) is 10.3. The van der Waals surface area contributed by atoms with E-state index in [0.29, 0.717) is 18.8 Å². The minimum atomic E-state index is -0.314. The van der Waals surface area contributed by atoms with Crippen molar-refractivity contribution in [2.45, 2.75) is 31.7 Å². The Morgan fingerprint density at radius 2 is 1.66 bits per heavy atom. The number of carbonyl (C=O) groups excluding carboxylic acids is 2. The zero-order valence-electron chi connectivity index (χ0n) is 16.9. The van der Waals surface area contributed by atoms with E-state index in [9.17, 15) is 9.59 Å². The van der Waals surface area contributed by atoms with Crippen LogP contribution in [0.1, 0.15) is 24.8 Å². The molecule has 2 aliphatic rings. The predicted molar refractivity (Wildman–Crippen MR) is 112 cm³/mol. The van der Waals surface area contributed by atoms with Gasteiger partial charge in [0.05, 0.1) is 5.41 Å². The molecule has 0 saturated carbocycles. The Bertz CT molecular complexity index is 845. The van der Waals surface area contributed by atoms with Crippen LogP contribution in [0.4, 0.5) is 0 Å². The molecule has 1 atom stereocenters. The van der Waals surface area contributed by atoms with Gasteiger partial charge in [0.2, 0.25) is 5.91 Å². The number of ether oxygens (including phenoxy) is 1. The summed E-state index contributed by atoms with van der Waals surface area (Å²) in [4.78, 5) is 29.4. The fourth-order valence-electron chi connectivity index (χ4n) is 4.67. The predicted octanol–water partition coefficient (Wildman–Crippen LogP) is 3.15. The van der Waals surface area contributed by atoms with Gasteiger partial charge in [0.1, 0.15) is 5.75 Å². The van der Waals surface area contributed by atoms with Crippen molar-refractivity contribution in [3.8, 4) is 5.75 Å². The Kier molecular flexibility index (Phi) is 5.56. The molecule has 1 spiro atoms. The molecule has 5 nitrogen and oxygen atoms in total. The fourth-order valence-corrected chi connectivity index (χ4v) is 4.67. The molecule has 2 aliphatic heterocycles. The molecule has 2 aromatic rings. The second-order valence-electron chi connectivity index (χ2n) is 8.23. The first kappa shape index (κ1) is 19.5. The molecule has 4 rings (SSSR count). The van der Waals surface area contributed by atoms with Gasteiger partial charge >= 0.3 is 0 Å². The number of hydrogen-bond acceptors (Lipinski definition) is 3. The highest BCUT2D eigenvalue weighted by molar-refractivity contribution is 5.86. The minimum Gasteiger partial charge on any atom is -0.484 e. The zero-order valence-corrected chi connectivity index (χ0v) is 16.9. The second kappa shape index (κ2) is 8.27. The summed E-state index contributed by atoms with van der Waals surface area (Å²) in [7, 11) is 1.93. The third-order valence-corrected chi connectivity index (χ3v) is 6.44. The molecule has 2 saturated heterocycles. The number of rotatable bonds is 5. The van der Waals surface area contributed by atoms with Crippen molar-refractivity contribution >= 4 is 11.8 Å². The maximum atomic E-state index is 13.1. The molecule has 152 valence electrons. The summed E-state index contributed by atoms with van der Waals surface area (Å²) in [6.45, 7) is 1.28. The van der Waals surface area contributed by atoms with Gasteiger partial charge in [0.15, 0.2) is 6.61 Å². The SMILES string of the molecule is CN1C(=O)C2(CCN(C(=O)COc3ccccc3)CC2)CC1Cc1ccccc1. The summed E-state index contributed by atoms with van der Waals surface area (Å²) in [6.07, 6.45) is 3.23. The summed E-state index contributed by atoms with van der Waals surface area (Å²) in [5.41, 5.74) is 0.950. The number of amides is 2. The van der Waals surface area contributed by atoms with Gasteiger partial charge in [-0.05, 0) is 43.4 Å². The molecule has 0 bridgehead atoms. The van der Waals surface area contributed by atoms with E-state index < -0.39 is 0 Å². The van der Waals surface area contributed by atoms with E-state index in [0.717, 1.165) is 25.7 Å². The molecular formula is C24H28N2O3. The van der Waals surface area contributed by atoms with Crippen LogP contribution in [-0.4, -0.2) is 54.4 Å². The monoisotopic (exact) mass is 392 g/mol. The molecule has 0 aliphatic carbocycles. The van der Waals surface area contributed by atoms with Gasteiger partial charge in [-0.15, -0.1) is 0 Å². The quantitative estimate of drug-likeness (QED) is 0.785. The number of hydrogen-bond donors (Lipinski definition) is 0. The average Bonchev–Trinajstić information content (AvgIpc) is 2.98. The highest BCUT2D eigenvalue weighted by atomic mass is 16.5. The van der Waals surface area contributed by atoms with Crippen LogP contribution >= 0.6 is 0 Å². The smallest absolute Gasteiger partial charge is 0.260 e. The molecule has 29 heavy (non-hydrogen) atoms. The number of nitrogens with zero attached hydrogens (tertiary/aromatic N) is 2. The number of likely N-dealkylation sites (tertiary alicyclic amines) is 2. The van der Waals surface area contributed by atoms with E-state index in [4.69, 9.17) is 4.74 Å². The number of benzene rings is 2. The lowest BCUT2D eigenvalue weighted by molar-refractivity contribution is -0.143. The van der Waals surface area contributed by atoms with Crippen molar-refractivity contribution in [1.29, 1.82) is 0 Å². The van der Waals surface area contributed by atoms with Crippen molar-refractivity contribution in [3.05, 3.63) is 66.2 Å². The van der Waals surface area contributed by atoms with Crippen molar-refractivity contribution in [2.24, 2.45) is 5.41 Å². The minimum absolute atomic E-state index is 0.0108. The third-order valence-electron chi connectivity index (χ3n) is 6.44. The summed E-state index contributed by atoms with van der Waals surface area (Å²) >= 11 is 0. The van der Waals surface area contributed by atoms with E-state index in [2.05, 4.69) is 12.1 Å². The van der Waals surface area contributed by atoms with Gasteiger partial charge in [-0.1, -0.05) is 48.5 Å². The molecular weight excluding hydrogens is 364 g/mol. The van der Waals surface area contributed by atoms with Crippen LogP contribution in [0, 0.1) is 5.41 Å². The Labute approximate surface area is 172 Å². The molecule has 1 unspecified atom stereocenters. The summed E-state index contributed by atoms with van der Waals surface area (Å²) in [6, 6.07) is 20.0. The van der Waals surface area contributed by atoms with Gasteiger partial charge in [-0.25, -0.2) is 0 Å². The van der Waals surface area contributed by atoms with Crippen molar-refractivity contribution in [2.75, 3.05) is 26.7 Å². The van der Waals surface area contributed by atoms with Crippen molar-refractivity contribution in [1.82, 2.24) is 9.80 Å². The van der Waals surface area contributed by atoms with Gasteiger partial charge in [-0.3, -0.25) is 9.59 Å². The summed E-state index contributed by atoms with van der Waals surface area (Å²) < 4.78 is 5.59. The van der Waals surface area contributed by atoms with Gasteiger partial charge < -0.3 is 14.5 Å². The van der Waals surface area contributed by atoms with Gasteiger partial charge in [0.25, 0.3) is 5.91 Å². The number of likely N-dealkylation sites (N-methyl/N-ethyl adjacent to an activating group) is 1. The molecule has 2 aromatic carbocycles. The Morgan fingerprint density at radius 3 is 2.31 bits per heavy atom. The maximum absolute atomic E-state index is 13.1. The third kappa shape index (κ3) is 4.14. The van der Waals surface area contributed by atoms with E-state index in [1.165, 1.54) is 5.56 Å². The first-order valence-corrected chi connectivity index (χ1v) is 10.3. The molecule has 0 radical (unpaired) electrons. The van der Waals surface area contributed by atoms with Crippen LogP contribution in [-0.2, 0) is 16.0 Å². The molecule has 0 N–H and O–H groups in total. The zero-order chi connectivity index (χ0) is 20.3. The van der Waals surface area contributed by atoms with E-state index in [1.54, 1.807) is 0 Å². The lowest BCUT2D eigenvalue weighted by atomic mass is 9.75. The average molecular weight is 392 g/mol. The molecule has 2 fully saturated rings.